The number of aldehydes is 1. The van der Waals surface area contributed by atoms with Gasteiger partial charge in [-0.1, -0.05) is 0 Å². The van der Waals surface area contributed by atoms with Crippen molar-refractivity contribution in [3.63, 3.8) is 0 Å². The number of hydrogen-bond acceptors (Lipinski definition) is 4. The normalized spacial score (nSPS) is 12.3. The van der Waals surface area contributed by atoms with Crippen LogP contribution in [0.4, 0.5) is 5.69 Å². The minimum atomic E-state index is -0.691. The van der Waals surface area contributed by atoms with E-state index in [1.165, 1.54) is 0 Å². The molecule has 1 amide bonds. The van der Waals surface area contributed by atoms with Crippen molar-refractivity contribution in [2.75, 3.05) is 12.1 Å². The van der Waals surface area contributed by atoms with Gasteiger partial charge in [0.15, 0.2) is 11.5 Å². The number of carbonyl (C=O) groups excluding carboxylic acids is 2. The summed E-state index contributed by atoms with van der Waals surface area (Å²) in [7, 11) is 0. The van der Waals surface area contributed by atoms with Gasteiger partial charge in [0.1, 0.15) is 0 Å². The highest BCUT2D eigenvalue weighted by Gasteiger charge is 2.13. The number of carbonyl (C=O) groups is 2. The quantitative estimate of drug-likeness (QED) is 0.550. The molecule has 0 aromatic heterocycles. The van der Waals surface area contributed by atoms with Crippen LogP contribution in [0, 0.1) is 0 Å². The van der Waals surface area contributed by atoms with Gasteiger partial charge in [-0.3, -0.25) is 9.59 Å². The molecule has 0 aliphatic carbocycles. The van der Waals surface area contributed by atoms with Crippen LogP contribution in [-0.4, -0.2) is 19.0 Å². The van der Waals surface area contributed by atoms with Crippen LogP contribution in [0.15, 0.2) is 18.2 Å². The molecule has 0 radical (unpaired) electrons. The smallest absolute Gasteiger partial charge is 0.288 e. The third-order valence-corrected chi connectivity index (χ3v) is 1.75. The fourth-order valence-corrected chi connectivity index (χ4v) is 1.15. The van der Waals surface area contributed by atoms with Gasteiger partial charge >= 0.3 is 0 Å². The van der Waals surface area contributed by atoms with E-state index >= 15 is 0 Å². The average Bonchev–Trinajstić information content (AvgIpc) is 2.64. The third-order valence-electron chi connectivity index (χ3n) is 1.75. The molecule has 1 N–H and O–H groups in total. The first-order valence-corrected chi connectivity index (χ1v) is 3.95. The van der Waals surface area contributed by atoms with Gasteiger partial charge in [-0.2, -0.15) is 0 Å². The molecule has 1 heterocycles. The lowest BCUT2D eigenvalue weighted by atomic mass is 10.3. The van der Waals surface area contributed by atoms with Gasteiger partial charge in [0, 0.05) is 11.8 Å². The maximum atomic E-state index is 10.7. The van der Waals surface area contributed by atoms with Crippen LogP contribution in [0.3, 0.4) is 0 Å². The zero-order valence-electron chi connectivity index (χ0n) is 7.15. The van der Waals surface area contributed by atoms with E-state index in [0.717, 1.165) is 0 Å². The Kier molecular flexibility index (Phi) is 2.06. The number of fused-ring (bicyclic) bond motifs is 1. The van der Waals surface area contributed by atoms with Gasteiger partial charge in [0.25, 0.3) is 5.91 Å². The second-order valence-electron chi connectivity index (χ2n) is 2.68. The predicted molar refractivity (Wildman–Crippen MR) is 47.3 cm³/mol. The maximum Gasteiger partial charge on any atom is 0.288 e. The van der Waals surface area contributed by atoms with Crippen LogP contribution in [0.5, 0.6) is 11.5 Å². The molecular weight excluding hydrogens is 186 g/mol. The van der Waals surface area contributed by atoms with Crippen molar-refractivity contribution in [1.82, 2.24) is 0 Å². The molecule has 72 valence electrons. The Balaban J connectivity index is 2.20. The molecule has 14 heavy (non-hydrogen) atoms. The van der Waals surface area contributed by atoms with Crippen LogP contribution >= 0.6 is 0 Å². The lowest BCUT2D eigenvalue weighted by molar-refractivity contribution is -0.127. The molecule has 0 spiro atoms. The average molecular weight is 193 g/mol. The molecule has 1 aliphatic rings. The Morgan fingerprint density at radius 3 is 2.93 bits per heavy atom. The Labute approximate surface area is 79.6 Å². The van der Waals surface area contributed by atoms with Gasteiger partial charge in [-0.25, -0.2) is 0 Å². The zero-order chi connectivity index (χ0) is 9.97. The second-order valence-corrected chi connectivity index (χ2v) is 2.68. The van der Waals surface area contributed by atoms with Crippen molar-refractivity contribution in [2.24, 2.45) is 0 Å². The van der Waals surface area contributed by atoms with Crippen LogP contribution in [-0.2, 0) is 9.59 Å². The molecule has 0 unspecified atom stereocenters. The van der Waals surface area contributed by atoms with Gasteiger partial charge in [-0.05, 0) is 12.1 Å². The zero-order valence-corrected chi connectivity index (χ0v) is 7.15. The van der Waals surface area contributed by atoms with Gasteiger partial charge in [0.05, 0.1) is 0 Å². The Bertz CT molecular complexity index is 388. The first-order valence-electron chi connectivity index (χ1n) is 3.95. The molecule has 0 bridgehead atoms. The van der Waals surface area contributed by atoms with Crippen molar-refractivity contribution in [1.29, 1.82) is 0 Å². The standard InChI is InChI=1S/C9H7NO4/c11-4-9(12)10-6-1-2-7-8(3-6)14-5-13-7/h1-4H,5H2,(H,10,12). The Morgan fingerprint density at radius 2 is 2.14 bits per heavy atom. The highest BCUT2D eigenvalue weighted by atomic mass is 16.7. The van der Waals surface area contributed by atoms with E-state index in [1.807, 2.05) is 0 Å². The summed E-state index contributed by atoms with van der Waals surface area (Å²) in [6.07, 6.45) is 0.213. The summed E-state index contributed by atoms with van der Waals surface area (Å²) in [4.78, 5) is 20.8. The summed E-state index contributed by atoms with van der Waals surface area (Å²) < 4.78 is 10.2. The number of anilines is 1. The topological polar surface area (TPSA) is 64.6 Å². The van der Waals surface area contributed by atoms with Crippen LogP contribution in [0.1, 0.15) is 0 Å². The van der Waals surface area contributed by atoms with E-state index in [1.54, 1.807) is 18.2 Å². The molecule has 1 aliphatic heterocycles. The predicted octanol–water partition coefficient (Wildman–Crippen LogP) is 0.553. The van der Waals surface area contributed by atoms with E-state index in [2.05, 4.69) is 5.32 Å². The molecule has 2 rings (SSSR count). The second kappa shape index (κ2) is 3.37. The summed E-state index contributed by atoms with van der Waals surface area (Å²) in [5.74, 6) is 0.506. The summed E-state index contributed by atoms with van der Waals surface area (Å²) in [5, 5.41) is 2.38. The Hall–Kier alpha value is -2.04. The molecule has 1 aromatic carbocycles. The molecule has 5 nitrogen and oxygen atoms in total. The van der Waals surface area contributed by atoms with Crippen LogP contribution in [0.2, 0.25) is 0 Å². The molecule has 1 aromatic rings. The first kappa shape index (κ1) is 8.55. The van der Waals surface area contributed by atoms with Crippen LogP contribution < -0.4 is 14.8 Å². The maximum absolute atomic E-state index is 10.7. The van der Waals surface area contributed by atoms with Crippen LogP contribution in [0.25, 0.3) is 0 Å². The minimum Gasteiger partial charge on any atom is -0.454 e. The van der Waals surface area contributed by atoms with E-state index in [0.29, 0.717) is 17.2 Å². The summed E-state index contributed by atoms with van der Waals surface area (Å²) >= 11 is 0. The summed E-state index contributed by atoms with van der Waals surface area (Å²) in [6.45, 7) is 0.181. The number of hydrogen-bond donors (Lipinski definition) is 1. The van der Waals surface area contributed by atoms with Crippen molar-refractivity contribution < 1.29 is 19.1 Å². The number of nitrogens with one attached hydrogen (secondary N) is 1. The highest BCUT2D eigenvalue weighted by Crippen LogP contribution is 2.34. The fraction of sp³-hybridized carbons (Fsp3) is 0.111. The van der Waals surface area contributed by atoms with Crippen molar-refractivity contribution in [2.45, 2.75) is 0 Å². The molecule has 0 fully saturated rings. The summed E-state index contributed by atoms with van der Waals surface area (Å²) in [6, 6.07) is 4.90. The first-order chi connectivity index (χ1) is 6.79. The van der Waals surface area contributed by atoms with Crippen molar-refractivity contribution in [3.05, 3.63) is 18.2 Å². The third kappa shape index (κ3) is 1.52. The van der Waals surface area contributed by atoms with Gasteiger partial charge in [0.2, 0.25) is 13.1 Å². The monoisotopic (exact) mass is 193 g/mol. The number of ether oxygens (including phenoxy) is 2. The lowest BCUT2D eigenvalue weighted by Crippen LogP contribution is -2.11. The molecule has 0 saturated carbocycles. The van der Waals surface area contributed by atoms with E-state index in [9.17, 15) is 9.59 Å². The fourth-order valence-electron chi connectivity index (χ4n) is 1.15. The van der Waals surface area contributed by atoms with E-state index < -0.39 is 5.91 Å². The SMILES string of the molecule is O=CC(=O)Nc1ccc2c(c1)OCO2. The Morgan fingerprint density at radius 1 is 1.36 bits per heavy atom. The largest absolute Gasteiger partial charge is 0.454 e. The minimum absolute atomic E-state index is 0.181. The van der Waals surface area contributed by atoms with E-state index in [4.69, 9.17) is 9.47 Å². The lowest BCUT2D eigenvalue weighted by Gasteiger charge is -2.01. The molecule has 0 atom stereocenters. The van der Waals surface area contributed by atoms with Gasteiger partial charge in [-0.15, -0.1) is 0 Å². The highest BCUT2D eigenvalue weighted by molar-refractivity contribution is 6.29. The molecule has 0 saturated heterocycles. The van der Waals surface area contributed by atoms with Crippen molar-refractivity contribution >= 4 is 17.9 Å². The number of benzene rings is 1. The number of amides is 1. The summed E-state index contributed by atoms with van der Waals surface area (Å²) in [5.41, 5.74) is 0.506. The molecular formula is C9H7NO4. The van der Waals surface area contributed by atoms with Gasteiger partial charge < -0.3 is 14.8 Å². The van der Waals surface area contributed by atoms with Crippen molar-refractivity contribution in [3.8, 4) is 11.5 Å². The number of rotatable bonds is 2. The van der Waals surface area contributed by atoms with E-state index in [-0.39, 0.29) is 13.1 Å². The molecule has 5 heteroatoms.